The second-order valence-electron chi connectivity index (χ2n) is 6.42. The number of ether oxygens (including phenoxy) is 1. The van der Waals surface area contributed by atoms with Crippen LogP contribution in [0.4, 0.5) is 4.79 Å². The highest BCUT2D eigenvalue weighted by molar-refractivity contribution is 6.39. The fourth-order valence-corrected chi connectivity index (χ4v) is 2.09. The third-order valence-electron chi connectivity index (χ3n) is 3.22. The molecule has 5 heteroatoms. The van der Waals surface area contributed by atoms with Crippen LogP contribution in [-0.4, -0.2) is 47.1 Å². The molecule has 1 N–H and O–H groups in total. The smallest absolute Gasteiger partial charge is 0.410 e. The van der Waals surface area contributed by atoms with Gasteiger partial charge in [0.2, 0.25) is 0 Å². The van der Waals surface area contributed by atoms with Crippen LogP contribution in [0.25, 0.3) is 0 Å². The minimum Gasteiger partial charge on any atom is -0.444 e. The van der Waals surface area contributed by atoms with Gasteiger partial charge in [0.05, 0.1) is 11.8 Å². The van der Waals surface area contributed by atoms with E-state index in [1.807, 2.05) is 27.7 Å². The number of carbonyl (C=O) groups is 1. The highest BCUT2D eigenvalue weighted by Crippen LogP contribution is 2.17. The first-order valence-corrected chi connectivity index (χ1v) is 7.27. The summed E-state index contributed by atoms with van der Waals surface area (Å²) in [6.07, 6.45) is 2.74. The molecule has 1 fully saturated rings. The summed E-state index contributed by atoms with van der Waals surface area (Å²) < 4.78 is 5.43. The standard InChI is InChI=1S/C15H27N3O2/c1-11(16)12(2)17-13-8-6-7-9-18(10-13)14(19)20-15(3,4)5/h13,16H,6-10H2,1-5H3. The Morgan fingerprint density at radius 3 is 2.50 bits per heavy atom. The van der Waals surface area contributed by atoms with Crippen LogP contribution in [0, 0.1) is 5.41 Å². The van der Waals surface area contributed by atoms with E-state index in [1.54, 1.807) is 11.8 Å². The summed E-state index contributed by atoms with van der Waals surface area (Å²) in [4.78, 5) is 18.5. The molecule has 0 radical (unpaired) electrons. The first-order valence-electron chi connectivity index (χ1n) is 7.27. The zero-order chi connectivity index (χ0) is 15.3. The van der Waals surface area contributed by atoms with E-state index in [1.165, 1.54) is 0 Å². The van der Waals surface area contributed by atoms with Gasteiger partial charge in [0.25, 0.3) is 0 Å². The van der Waals surface area contributed by atoms with E-state index in [0.717, 1.165) is 31.5 Å². The van der Waals surface area contributed by atoms with Crippen molar-refractivity contribution in [3.8, 4) is 0 Å². The summed E-state index contributed by atoms with van der Waals surface area (Å²) >= 11 is 0. The van der Waals surface area contributed by atoms with Crippen LogP contribution in [0.5, 0.6) is 0 Å². The summed E-state index contributed by atoms with van der Waals surface area (Å²) in [5.74, 6) is 0. The lowest BCUT2D eigenvalue weighted by Crippen LogP contribution is -2.40. The van der Waals surface area contributed by atoms with Crippen molar-refractivity contribution in [1.29, 1.82) is 5.41 Å². The summed E-state index contributed by atoms with van der Waals surface area (Å²) in [5, 5.41) is 7.59. The van der Waals surface area contributed by atoms with Gasteiger partial charge in [-0.1, -0.05) is 0 Å². The van der Waals surface area contributed by atoms with Crippen LogP contribution < -0.4 is 0 Å². The fourth-order valence-electron chi connectivity index (χ4n) is 2.09. The highest BCUT2D eigenvalue weighted by Gasteiger charge is 2.26. The second-order valence-corrected chi connectivity index (χ2v) is 6.42. The van der Waals surface area contributed by atoms with Crippen LogP contribution in [0.2, 0.25) is 0 Å². The van der Waals surface area contributed by atoms with Gasteiger partial charge >= 0.3 is 6.09 Å². The molecule has 0 aromatic heterocycles. The average molecular weight is 281 g/mol. The van der Waals surface area contributed by atoms with E-state index >= 15 is 0 Å². The lowest BCUT2D eigenvalue weighted by atomic mass is 10.1. The Hall–Kier alpha value is -1.39. The van der Waals surface area contributed by atoms with Gasteiger partial charge < -0.3 is 15.0 Å². The zero-order valence-electron chi connectivity index (χ0n) is 13.3. The lowest BCUT2D eigenvalue weighted by molar-refractivity contribution is 0.0250. The third kappa shape index (κ3) is 5.72. The fraction of sp³-hybridized carbons (Fsp3) is 0.800. The minimum atomic E-state index is -0.469. The Balaban J connectivity index is 2.72. The quantitative estimate of drug-likeness (QED) is 0.789. The number of amides is 1. The van der Waals surface area contributed by atoms with Crippen LogP contribution in [0.15, 0.2) is 4.99 Å². The maximum atomic E-state index is 12.1. The number of nitrogens with one attached hydrogen (secondary N) is 1. The van der Waals surface area contributed by atoms with E-state index in [9.17, 15) is 4.79 Å². The molecular formula is C15H27N3O2. The number of hydrogen-bond acceptors (Lipinski definition) is 4. The molecule has 5 nitrogen and oxygen atoms in total. The van der Waals surface area contributed by atoms with Crippen molar-refractivity contribution in [2.45, 2.75) is 65.5 Å². The molecule has 0 saturated carbocycles. The Kier molecular flexibility index (Phi) is 5.72. The molecule has 1 aliphatic rings. The van der Waals surface area contributed by atoms with Gasteiger partial charge in [0.15, 0.2) is 0 Å². The maximum absolute atomic E-state index is 12.1. The third-order valence-corrected chi connectivity index (χ3v) is 3.22. The Bertz CT molecular complexity index is 396. The van der Waals surface area contributed by atoms with Crippen LogP contribution in [0.3, 0.4) is 0 Å². The largest absolute Gasteiger partial charge is 0.444 e. The summed E-state index contributed by atoms with van der Waals surface area (Å²) in [5.41, 5.74) is 0.767. The molecule has 0 bridgehead atoms. The number of hydrogen-bond donors (Lipinski definition) is 1. The number of carbonyl (C=O) groups excluding carboxylic acids is 1. The van der Waals surface area contributed by atoms with Gasteiger partial charge in [-0.15, -0.1) is 0 Å². The van der Waals surface area contributed by atoms with Crippen molar-refractivity contribution in [1.82, 2.24) is 4.90 Å². The number of likely N-dealkylation sites (tertiary alicyclic amines) is 1. The molecule has 1 rings (SSSR count). The molecular weight excluding hydrogens is 254 g/mol. The Morgan fingerprint density at radius 2 is 1.95 bits per heavy atom. The monoisotopic (exact) mass is 281 g/mol. The van der Waals surface area contributed by atoms with Gasteiger partial charge in [-0.2, -0.15) is 0 Å². The van der Waals surface area contributed by atoms with Crippen LogP contribution >= 0.6 is 0 Å². The predicted molar refractivity (Wildman–Crippen MR) is 82.0 cm³/mol. The van der Waals surface area contributed by atoms with E-state index in [0.29, 0.717) is 12.3 Å². The van der Waals surface area contributed by atoms with Crippen LogP contribution in [0.1, 0.15) is 53.9 Å². The molecule has 1 saturated heterocycles. The number of rotatable bonds is 2. The summed E-state index contributed by atoms with van der Waals surface area (Å²) in [6, 6.07) is 0.0744. The average Bonchev–Trinajstić information content (AvgIpc) is 2.52. The van der Waals surface area contributed by atoms with Gasteiger partial charge in [0, 0.05) is 18.8 Å². The van der Waals surface area contributed by atoms with Crippen molar-refractivity contribution >= 4 is 17.5 Å². The van der Waals surface area contributed by atoms with Gasteiger partial charge in [-0.05, 0) is 53.9 Å². The molecule has 1 atom stereocenters. The first kappa shape index (κ1) is 16.7. The highest BCUT2D eigenvalue weighted by atomic mass is 16.6. The van der Waals surface area contributed by atoms with Gasteiger partial charge in [-0.3, -0.25) is 4.99 Å². The number of nitrogens with zero attached hydrogens (tertiary/aromatic N) is 2. The van der Waals surface area contributed by atoms with E-state index in [-0.39, 0.29) is 12.1 Å². The molecule has 0 aromatic carbocycles. The van der Waals surface area contributed by atoms with E-state index < -0.39 is 5.60 Å². The van der Waals surface area contributed by atoms with Crippen LogP contribution in [-0.2, 0) is 4.74 Å². The number of aliphatic imine (C=N–C) groups is 1. The van der Waals surface area contributed by atoms with Crippen molar-refractivity contribution in [3.63, 3.8) is 0 Å². The van der Waals surface area contributed by atoms with E-state index in [2.05, 4.69) is 4.99 Å². The van der Waals surface area contributed by atoms with E-state index in [4.69, 9.17) is 10.1 Å². The SMILES string of the molecule is CC(=N)C(C)=NC1CCCCN(C(=O)OC(C)(C)C)C1. The van der Waals surface area contributed by atoms with Gasteiger partial charge in [-0.25, -0.2) is 4.79 Å². The normalized spacial score (nSPS) is 21.4. The van der Waals surface area contributed by atoms with Crippen molar-refractivity contribution in [3.05, 3.63) is 0 Å². The predicted octanol–water partition coefficient (Wildman–Crippen LogP) is 3.28. The Labute approximate surface area is 121 Å². The lowest BCUT2D eigenvalue weighted by Gasteiger charge is -2.27. The molecule has 1 heterocycles. The molecule has 0 aliphatic carbocycles. The molecule has 20 heavy (non-hydrogen) atoms. The summed E-state index contributed by atoms with van der Waals surface area (Å²) in [7, 11) is 0. The van der Waals surface area contributed by atoms with Crippen molar-refractivity contribution < 1.29 is 9.53 Å². The van der Waals surface area contributed by atoms with Crippen molar-refractivity contribution in [2.75, 3.05) is 13.1 Å². The molecule has 1 unspecified atom stereocenters. The maximum Gasteiger partial charge on any atom is 0.410 e. The Morgan fingerprint density at radius 1 is 1.30 bits per heavy atom. The topological polar surface area (TPSA) is 65.8 Å². The van der Waals surface area contributed by atoms with Crippen molar-refractivity contribution in [2.24, 2.45) is 4.99 Å². The molecule has 114 valence electrons. The zero-order valence-corrected chi connectivity index (χ0v) is 13.3. The van der Waals surface area contributed by atoms with Gasteiger partial charge in [0.1, 0.15) is 5.60 Å². The molecule has 1 aliphatic heterocycles. The molecule has 0 spiro atoms. The first-order chi connectivity index (χ1) is 9.19. The minimum absolute atomic E-state index is 0.0744. The molecule has 0 aromatic rings. The molecule has 1 amide bonds. The summed E-state index contributed by atoms with van der Waals surface area (Å²) in [6.45, 7) is 10.5. The second kappa shape index (κ2) is 6.86.